The summed E-state index contributed by atoms with van der Waals surface area (Å²) in [6.45, 7) is 3.90. The minimum absolute atomic E-state index is 0.0853. The van der Waals surface area contributed by atoms with Crippen molar-refractivity contribution in [3.8, 4) is 23.0 Å². The number of pyridine rings is 1. The van der Waals surface area contributed by atoms with Crippen molar-refractivity contribution in [2.45, 2.75) is 82.3 Å². The van der Waals surface area contributed by atoms with Crippen molar-refractivity contribution in [2.75, 3.05) is 37.7 Å². The normalized spacial score (nSPS) is 27.0. The van der Waals surface area contributed by atoms with Gasteiger partial charge < -0.3 is 14.7 Å². The summed E-state index contributed by atoms with van der Waals surface area (Å²) >= 11 is 0. The number of phenolic OH excluding ortho intramolecular Hbond substituents is 1. The standard InChI is InChI=1S/C36H38F5N5O2/c1-2-24-27(38)6-5-21-13-23(47)14-25(28(21)24)30-29(39)31-26(16-42-30)32(45-11-3-7-34(19-45)9-10-36(40,41)18-34)44-33(43-31)48-20-35-8-4-12-46(35)17-22(37)15-35/h5-6,13-14,16,22,47H,2-4,7-12,15,17-20H2,1H3/t22-,34?,35+/m1/s1. The maximum Gasteiger partial charge on any atom is 0.319 e. The number of rotatable bonds is 6. The van der Waals surface area contributed by atoms with Gasteiger partial charge in [0.15, 0.2) is 5.82 Å². The molecule has 254 valence electrons. The van der Waals surface area contributed by atoms with E-state index in [4.69, 9.17) is 9.72 Å². The van der Waals surface area contributed by atoms with Crippen LogP contribution >= 0.6 is 0 Å². The number of nitrogens with zero attached hydrogens (tertiary/aromatic N) is 5. The highest BCUT2D eigenvalue weighted by Gasteiger charge is 2.52. The number of aryl methyl sites for hydroxylation is 1. The quantitative estimate of drug-likeness (QED) is 0.211. The van der Waals surface area contributed by atoms with E-state index in [9.17, 15) is 22.7 Å². The molecular formula is C36H38F5N5O2. The van der Waals surface area contributed by atoms with E-state index in [-0.39, 0.29) is 48.0 Å². The van der Waals surface area contributed by atoms with Crippen molar-refractivity contribution in [3.63, 3.8) is 0 Å². The second kappa shape index (κ2) is 11.4. The first-order valence-electron chi connectivity index (χ1n) is 16.9. The van der Waals surface area contributed by atoms with Crippen LogP contribution in [0.1, 0.15) is 63.9 Å². The van der Waals surface area contributed by atoms with Crippen LogP contribution in [0.4, 0.5) is 27.8 Å². The highest BCUT2D eigenvalue weighted by atomic mass is 19.3. The summed E-state index contributed by atoms with van der Waals surface area (Å²) in [5.74, 6) is -3.76. The number of aromatic nitrogens is 3. The Bertz CT molecular complexity index is 1930. The summed E-state index contributed by atoms with van der Waals surface area (Å²) in [5.41, 5.74) is -0.707. The topological polar surface area (TPSA) is 74.6 Å². The average molecular weight is 668 g/mol. The van der Waals surface area contributed by atoms with Crippen LogP contribution in [-0.4, -0.2) is 75.4 Å². The van der Waals surface area contributed by atoms with E-state index >= 15 is 4.39 Å². The van der Waals surface area contributed by atoms with Crippen LogP contribution in [0.5, 0.6) is 11.8 Å². The van der Waals surface area contributed by atoms with E-state index in [2.05, 4.69) is 14.9 Å². The van der Waals surface area contributed by atoms with E-state index in [1.165, 1.54) is 30.5 Å². The molecule has 8 rings (SSSR count). The molecule has 1 unspecified atom stereocenters. The van der Waals surface area contributed by atoms with Gasteiger partial charge in [0.1, 0.15) is 41.4 Å². The van der Waals surface area contributed by atoms with Crippen LogP contribution in [0.15, 0.2) is 30.5 Å². The van der Waals surface area contributed by atoms with Gasteiger partial charge in [0.05, 0.1) is 10.9 Å². The smallest absolute Gasteiger partial charge is 0.319 e. The number of phenols is 1. The van der Waals surface area contributed by atoms with Gasteiger partial charge in [0.25, 0.3) is 0 Å². The molecule has 0 amide bonds. The molecule has 3 atom stereocenters. The maximum absolute atomic E-state index is 16.9. The predicted octanol–water partition coefficient (Wildman–Crippen LogP) is 7.75. The van der Waals surface area contributed by atoms with Gasteiger partial charge in [-0.3, -0.25) is 9.88 Å². The zero-order valence-corrected chi connectivity index (χ0v) is 26.8. The molecule has 0 bridgehead atoms. The van der Waals surface area contributed by atoms with Crippen LogP contribution in [0, 0.1) is 17.0 Å². The van der Waals surface area contributed by atoms with Crippen LogP contribution in [-0.2, 0) is 6.42 Å². The lowest BCUT2D eigenvalue weighted by Gasteiger charge is -2.41. The molecule has 2 aromatic heterocycles. The van der Waals surface area contributed by atoms with E-state index < -0.39 is 34.7 Å². The summed E-state index contributed by atoms with van der Waals surface area (Å²) in [4.78, 5) is 17.8. The fourth-order valence-corrected chi connectivity index (χ4v) is 9.11. The molecule has 4 aliphatic rings. The number of aromatic hydroxyl groups is 1. The monoisotopic (exact) mass is 667 g/mol. The summed E-state index contributed by atoms with van der Waals surface area (Å²) in [6.07, 6.45) is 4.21. The van der Waals surface area contributed by atoms with Gasteiger partial charge in [-0.25, -0.2) is 22.0 Å². The lowest BCUT2D eigenvalue weighted by atomic mass is 9.78. The van der Waals surface area contributed by atoms with Gasteiger partial charge in [-0.05, 0) is 85.0 Å². The van der Waals surface area contributed by atoms with E-state index in [1.54, 1.807) is 6.92 Å². The highest BCUT2D eigenvalue weighted by molar-refractivity contribution is 6.01. The maximum atomic E-state index is 16.9. The first-order valence-corrected chi connectivity index (χ1v) is 16.9. The number of halogens is 5. The summed E-state index contributed by atoms with van der Waals surface area (Å²) in [5, 5.41) is 11.9. The molecule has 4 fully saturated rings. The molecular weight excluding hydrogens is 629 g/mol. The van der Waals surface area contributed by atoms with Gasteiger partial charge in [-0.1, -0.05) is 13.0 Å². The minimum atomic E-state index is -2.73. The molecule has 1 saturated carbocycles. The van der Waals surface area contributed by atoms with Crippen LogP contribution in [0.2, 0.25) is 0 Å². The lowest BCUT2D eigenvalue weighted by Crippen LogP contribution is -2.44. The van der Waals surface area contributed by atoms with Gasteiger partial charge in [0, 0.05) is 50.7 Å². The Hall–Kier alpha value is -3.80. The van der Waals surface area contributed by atoms with Crippen molar-refractivity contribution < 1.29 is 31.8 Å². The number of fused-ring (bicyclic) bond motifs is 3. The molecule has 5 heterocycles. The second-order valence-electron chi connectivity index (χ2n) is 14.4. The Balaban J connectivity index is 1.26. The second-order valence-corrected chi connectivity index (χ2v) is 14.4. The zero-order valence-electron chi connectivity index (χ0n) is 26.8. The molecule has 2 aromatic carbocycles. The Kier molecular flexibility index (Phi) is 7.46. The third-order valence-corrected chi connectivity index (χ3v) is 11.3. The molecule has 12 heteroatoms. The largest absolute Gasteiger partial charge is 0.508 e. The number of benzene rings is 2. The van der Waals surface area contributed by atoms with E-state index in [0.29, 0.717) is 79.3 Å². The van der Waals surface area contributed by atoms with Gasteiger partial charge in [0.2, 0.25) is 5.92 Å². The van der Waals surface area contributed by atoms with Crippen LogP contribution in [0.25, 0.3) is 32.9 Å². The third kappa shape index (κ3) is 5.21. The molecule has 7 nitrogen and oxygen atoms in total. The van der Waals surface area contributed by atoms with E-state index in [0.717, 1.165) is 19.4 Å². The zero-order chi connectivity index (χ0) is 33.4. The average Bonchev–Trinajstić information content (AvgIpc) is 3.68. The third-order valence-electron chi connectivity index (χ3n) is 11.3. The van der Waals surface area contributed by atoms with Crippen LogP contribution in [0.3, 0.4) is 0 Å². The minimum Gasteiger partial charge on any atom is -0.508 e. The Morgan fingerprint density at radius 2 is 1.88 bits per heavy atom. The first kappa shape index (κ1) is 31.5. The number of ether oxygens (including phenoxy) is 1. The molecule has 0 radical (unpaired) electrons. The number of piperidine rings is 1. The van der Waals surface area contributed by atoms with Crippen LogP contribution < -0.4 is 9.64 Å². The van der Waals surface area contributed by atoms with Crippen molar-refractivity contribution >= 4 is 27.5 Å². The molecule has 3 aliphatic heterocycles. The van der Waals surface area contributed by atoms with Crippen molar-refractivity contribution in [2.24, 2.45) is 5.41 Å². The Labute approximate surface area is 275 Å². The molecule has 4 aromatic rings. The summed E-state index contributed by atoms with van der Waals surface area (Å²) in [6, 6.07) is 5.64. The number of hydrogen-bond acceptors (Lipinski definition) is 7. The number of alkyl halides is 3. The Morgan fingerprint density at radius 3 is 2.67 bits per heavy atom. The molecule has 1 aliphatic carbocycles. The molecule has 1 N–H and O–H groups in total. The summed E-state index contributed by atoms with van der Waals surface area (Å²) < 4.78 is 81.6. The number of hydrogen-bond donors (Lipinski definition) is 1. The van der Waals surface area contributed by atoms with Gasteiger partial charge in [-0.15, -0.1) is 0 Å². The van der Waals surface area contributed by atoms with Gasteiger partial charge in [-0.2, -0.15) is 9.97 Å². The van der Waals surface area contributed by atoms with Crippen molar-refractivity contribution in [1.82, 2.24) is 19.9 Å². The van der Waals surface area contributed by atoms with E-state index in [1.807, 2.05) is 4.90 Å². The van der Waals surface area contributed by atoms with Gasteiger partial charge >= 0.3 is 6.01 Å². The Morgan fingerprint density at radius 1 is 1.04 bits per heavy atom. The predicted molar refractivity (Wildman–Crippen MR) is 172 cm³/mol. The molecule has 3 saturated heterocycles. The van der Waals surface area contributed by atoms with Crippen molar-refractivity contribution in [3.05, 3.63) is 47.7 Å². The molecule has 1 spiro atoms. The fraction of sp³-hybridized carbons (Fsp3) is 0.528. The summed E-state index contributed by atoms with van der Waals surface area (Å²) in [7, 11) is 0. The van der Waals surface area contributed by atoms with Crippen molar-refractivity contribution in [1.29, 1.82) is 0 Å². The highest BCUT2D eigenvalue weighted by Crippen LogP contribution is 2.52. The SMILES string of the molecule is CCc1c(F)ccc2cc(O)cc(-c3ncc4c(N5CCCC6(CCC(F)(F)C6)C5)nc(OC[C@@]56CCCN5C[C@H](F)C6)nc4c3F)c12. The lowest BCUT2D eigenvalue weighted by molar-refractivity contribution is -0.00553. The number of anilines is 1. The first-order chi connectivity index (χ1) is 23.0. The fourth-order valence-electron chi connectivity index (χ4n) is 9.11. The molecule has 48 heavy (non-hydrogen) atoms.